The summed E-state index contributed by atoms with van der Waals surface area (Å²) in [6.45, 7) is 0.599. The molecule has 1 aliphatic rings. The van der Waals surface area contributed by atoms with Gasteiger partial charge in [0.15, 0.2) is 0 Å². The largest absolute Gasteiger partial charge is 0.394 e. The van der Waals surface area contributed by atoms with Gasteiger partial charge < -0.3 is 20.3 Å². The van der Waals surface area contributed by atoms with Crippen molar-refractivity contribution >= 4 is 22.7 Å². The monoisotopic (exact) mass is 377 g/mol. The molecule has 0 unspecified atom stereocenters. The molecule has 2 heterocycles. The standard InChI is InChI=1S/C22H23N3O3/c26-14-20(24-21(27)12-15-6-2-1-3-7-15)22(28)25-11-10-17-16-8-4-5-9-18(16)23-19(17)13-25/h1-9,20,23,26H,10-14H2,(H,24,27)/t20-/m0/s1. The third kappa shape index (κ3) is 3.64. The predicted octanol–water partition coefficient (Wildman–Crippen LogP) is 1.77. The summed E-state index contributed by atoms with van der Waals surface area (Å²) in [6.07, 6.45) is 0.929. The molecule has 1 aromatic heterocycles. The van der Waals surface area contributed by atoms with E-state index in [2.05, 4.69) is 16.4 Å². The Bertz CT molecular complexity index is 997. The van der Waals surface area contributed by atoms with Gasteiger partial charge in [-0.15, -0.1) is 0 Å². The smallest absolute Gasteiger partial charge is 0.247 e. The number of para-hydroxylation sites is 1. The van der Waals surface area contributed by atoms with Crippen LogP contribution in [-0.4, -0.2) is 46.0 Å². The van der Waals surface area contributed by atoms with E-state index in [-0.39, 0.29) is 18.2 Å². The summed E-state index contributed by atoms with van der Waals surface area (Å²) < 4.78 is 0. The summed E-state index contributed by atoms with van der Waals surface area (Å²) in [5, 5.41) is 13.5. The minimum absolute atomic E-state index is 0.177. The van der Waals surface area contributed by atoms with Gasteiger partial charge in [0.1, 0.15) is 6.04 Å². The number of fused-ring (bicyclic) bond motifs is 3. The van der Waals surface area contributed by atoms with Gasteiger partial charge >= 0.3 is 0 Å². The third-order valence-electron chi connectivity index (χ3n) is 5.22. The Hall–Kier alpha value is -3.12. The molecule has 6 nitrogen and oxygen atoms in total. The lowest BCUT2D eigenvalue weighted by atomic mass is 10.0. The molecular weight excluding hydrogens is 354 g/mol. The molecule has 2 amide bonds. The molecule has 0 spiro atoms. The Morgan fingerprint density at radius 1 is 1.11 bits per heavy atom. The van der Waals surface area contributed by atoms with Crippen molar-refractivity contribution in [2.75, 3.05) is 13.2 Å². The SMILES string of the molecule is O=C(Cc1ccccc1)N[C@@H](CO)C(=O)N1CCc2c([nH]c3ccccc23)C1. The molecule has 0 fully saturated rings. The van der Waals surface area contributed by atoms with Crippen molar-refractivity contribution in [3.63, 3.8) is 0 Å². The van der Waals surface area contributed by atoms with Crippen LogP contribution in [0.3, 0.4) is 0 Å². The Morgan fingerprint density at radius 3 is 2.64 bits per heavy atom. The highest BCUT2D eigenvalue weighted by Crippen LogP contribution is 2.27. The molecule has 4 rings (SSSR count). The highest BCUT2D eigenvalue weighted by atomic mass is 16.3. The van der Waals surface area contributed by atoms with Crippen LogP contribution in [0.5, 0.6) is 0 Å². The summed E-state index contributed by atoms with van der Waals surface area (Å²) in [4.78, 5) is 30.2. The number of nitrogens with zero attached hydrogens (tertiary/aromatic N) is 1. The highest BCUT2D eigenvalue weighted by Gasteiger charge is 2.29. The zero-order chi connectivity index (χ0) is 19.5. The van der Waals surface area contributed by atoms with Gasteiger partial charge in [0, 0.05) is 23.1 Å². The van der Waals surface area contributed by atoms with Crippen LogP contribution in [0.25, 0.3) is 10.9 Å². The molecular formula is C22H23N3O3. The normalized spacial score (nSPS) is 14.5. The second-order valence-corrected chi connectivity index (χ2v) is 7.10. The number of aromatic nitrogens is 1. The lowest BCUT2D eigenvalue weighted by Crippen LogP contribution is -2.51. The van der Waals surface area contributed by atoms with Gasteiger partial charge in [-0.2, -0.15) is 0 Å². The summed E-state index contributed by atoms with van der Waals surface area (Å²) in [5.74, 6) is -0.532. The molecule has 3 N–H and O–H groups in total. The number of nitrogens with one attached hydrogen (secondary N) is 2. The third-order valence-corrected chi connectivity index (χ3v) is 5.22. The van der Waals surface area contributed by atoms with Crippen molar-refractivity contribution in [1.82, 2.24) is 15.2 Å². The van der Waals surface area contributed by atoms with E-state index in [1.165, 1.54) is 10.9 Å². The van der Waals surface area contributed by atoms with Crippen LogP contribution in [0.15, 0.2) is 54.6 Å². The maximum Gasteiger partial charge on any atom is 0.247 e. The molecule has 1 aliphatic heterocycles. The number of aliphatic hydroxyl groups excluding tert-OH is 1. The molecule has 0 aliphatic carbocycles. The first-order valence-electron chi connectivity index (χ1n) is 9.47. The fourth-order valence-corrected chi connectivity index (χ4v) is 3.81. The summed E-state index contributed by atoms with van der Waals surface area (Å²) in [5.41, 5.74) is 4.20. The van der Waals surface area contributed by atoms with E-state index >= 15 is 0 Å². The van der Waals surface area contributed by atoms with Crippen molar-refractivity contribution in [3.05, 3.63) is 71.4 Å². The van der Waals surface area contributed by atoms with Crippen molar-refractivity contribution < 1.29 is 14.7 Å². The predicted molar refractivity (Wildman–Crippen MR) is 107 cm³/mol. The molecule has 2 aromatic carbocycles. The number of amides is 2. The first kappa shape index (κ1) is 18.3. The van der Waals surface area contributed by atoms with Gasteiger partial charge in [-0.25, -0.2) is 0 Å². The fraction of sp³-hybridized carbons (Fsp3) is 0.273. The van der Waals surface area contributed by atoms with E-state index < -0.39 is 12.6 Å². The second kappa shape index (κ2) is 7.86. The van der Waals surface area contributed by atoms with Crippen LogP contribution in [0.2, 0.25) is 0 Å². The maximum absolute atomic E-state index is 12.9. The van der Waals surface area contributed by atoms with Crippen LogP contribution in [0, 0.1) is 0 Å². The van der Waals surface area contributed by atoms with Crippen LogP contribution in [0.1, 0.15) is 16.8 Å². The van der Waals surface area contributed by atoms with E-state index in [9.17, 15) is 14.7 Å². The number of benzene rings is 2. The fourth-order valence-electron chi connectivity index (χ4n) is 3.81. The molecule has 0 saturated carbocycles. The first-order valence-corrected chi connectivity index (χ1v) is 9.47. The number of hydrogen-bond donors (Lipinski definition) is 3. The average molecular weight is 377 g/mol. The number of aromatic amines is 1. The van der Waals surface area contributed by atoms with Gasteiger partial charge in [0.05, 0.1) is 19.6 Å². The molecule has 28 heavy (non-hydrogen) atoms. The summed E-state index contributed by atoms with van der Waals surface area (Å²) in [7, 11) is 0. The van der Waals surface area contributed by atoms with Gasteiger partial charge in [-0.3, -0.25) is 9.59 Å². The van der Waals surface area contributed by atoms with E-state index in [4.69, 9.17) is 0 Å². The summed E-state index contributed by atoms with van der Waals surface area (Å²) >= 11 is 0. The maximum atomic E-state index is 12.9. The Morgan fingerprint density at radius 2 is 1.86 bits per heavy atom. The van der Waals surface area contributed by atoms with E-state index in [1.807, 2.05) is 48.5 Å². The molecule has 0 saturated heterocycles. The number of carbonyl (C=O) groups is 2. The van der Waals surface area contributed by atoms with E-state index in [0.717, 1.165) is 23.2 Å². The Labute approximate surface area is 163 Å². The molecule has 1 atom stereocenters. The minimum atomic E-state index is -0.929. The minimum Gasteiger partial charge on any atom is -0.394 e. The average Bonchev–Trinajstić information content (AvgIpc) is 3.10. The highest BCUT2D eigenvalue weighted by molar-refractivity contribution is 5.89. The second-order valence-electron chi connectivity index (χ2n) is 7.10. The number of rotatable bonds is 5. The van der Waals surface area contributed by atoms with Crippen LogP contribution in [0.4, 0.5) is 0 Å². The lowest BCUT2D eigenvalue weighted by Gasteiger charge is -2.30. The molecule has 3 aromatic rings. The van der Waals surface area contributed by atoms with Crippen molar-refractivity contribution in [1.29, 1.82) is 0 Å². The van der Waals surface area contributed by atoms with Crippen molar-refractivity contribution in [2.45, 2.75) is 25.4 Å². The van der Waals surface area contributed by atoms with E-state index in [1.54, 1.807) is 4.90 Å². The van der Waals surface area contributed by atoms with Gasteiger partial charge in [-0.05, 0) is 23.6 Å². The number of hydrogen-bond acceptors (Lipinski definition) is 3. The van der Waals surface area contributed by atoms with Gasteiger partial charge in [0.2, 0.25) is 11.8 Å². The topological polar surface area (TPSA) is 85.4 Å². The number of H-pyrrole nitrogens is 1. The number of carbonyl (C=O) groups excluding carboxylic acids is 2. The number of aliphatic hydroxyl groups is 1. The molecule has 144 valence electrons. The van der Waals surface area contributed by atoms with Crippen molar-refractivity contribution in [2.24, 2.45) is 0 Å². The van der Waals surface area contributed by atoms with Crippen LogP contribution in [-0.2, 0) is 29.0 Å². The first-order chi connectivity index (χ1) is 13.7. The summed E-state index contributed by atoms with van der Waals surface area (Å²) in [6, 6.07) is 16.5. The molecule has 6 heteroatoms. The van der Waals surface area contributed by atoms with E-state index in [0.29, 0.717) is 13.1 Å². The van der Waals surface area contributed by atoms with Gasteiger partial charge in [-0.1, -0.05) is 48.5 Å². The van der Waals surface area contributed by atoms with Crippen LogP contribution >= 0.6 is 0 Å². The zero-order valence-corrected chi connectivity index (χ0v) is 15.5. The molecule has 0 radical (unpaired) electrons. The van der Waals surface area contributed by atoms with Gasteiger partial charge in [0.25, 0.3) is 0 Å². The quantitative estimate of drug-likeness (QED) is 0.634. The Balaban J connectivity index is 1.43. The molecule has 0 bridgehead atoms. The lowest BCUT2D eigenvalue weighted by molar-refractivity contribution is -0.138. The van der Waals surface area contributed by atoms with Crippen LogP contribution < -0.4 is 5.32 Å². The zero-order valence-electron chi connectivity index (χ0n) is 15.5. The Kier molecular flexibility index (Phi) is 5.12. The van der Waals surface area contributed by atoms with Crippen molar-refractivity contribution in [3.8, 4) is 0 Å².